The van der Waals surface area contributed by atoms with Gasteiger partial charge in [0.15, 0.2) is 0 Å². The maximum atomic E-state index is 11.7. The van der Waals surface area contributed by atoms with Gasteiger partial charge in [0.1, 0.15) is 5.78 Å². The summed E-state index contributed by atoms with van der Waals surface area (Å²) in [6, 6.07) is 1.98. The highest BCUT2D eigenvalue weighted by Gasteiger charge is 2.09. The Morgan fingerprint density at radius 2 is 2.18 bits per heavy atom. The lowest BCUT2D eigenvalue weighted by Gasteiger charge is -2.04. The van der Waals surface area contributed by atoms with Gasteiger partial charge in [-0.1, -0.05) is 6.92 Å². The first-order valence-electron chi connectivity index (χ1n) is 6.30. The Morgan fingerprint density at radius 1 is 1.41 bits per heavy atom. The fourth-order valence-electron chi connectivity index (χ4n) is 1.74. The zero-order valence-corrected chi connectivity index (χ0v) is 11.0. The highest BCUT2D eigenvalue weighted by Crippen LogP contribution is 2.06. The Kier molecular flexibility index (Phi) is 5.91. The molecule has 0 atom stereocenters. The van der Waals surface area contributed by atoms with Crippen LogP contribution in [0.1, 0.15) is 38.1 Å². The molecule has 96 valence electrons. The Labute approximate surface area is 103 Å². The summed E-state index contributed by atoms with van der Waals surface area (Å²) >= 11 is 0. The second-order valence-electron chi connectivity index (χ2n) is 4.17. The molecule has 1 aromatic rings. The number of hydrogen-bond acceptors (Lipinski definition) is 3. The topological polar surface area (TPSA) is 44.1 Å². The van der Waals surface area contributed by atoms with E-state index in [0.29, 0.717) is 19.4 Å². The van der Waals surface area contributed by atoms with Crippen molar-refractivity contribution in [3.63, 3.8) is 0 Å². The molecule has 0 aliphatic carbocycles. The molecule has 0 saturated heterocycles. The van der Waals surface area contributed by atoms with Gasteiger partial charge in [-0.3, -0.25) is 9.48 Å². The smallest absolute Gasteiger partial charge is 0.141 e. The van der Waals surface area contributed by atoms with Gasteiger partial charge in [0, 0.05) is 31.7 Å². The van der Waals surface area contributed by atoms with Crippen molar-refractivity contribution in [2.45, 2.75) is 46.6 Å². The molecule has 0 fully saturated rings. The van der Waals surface area contributed by atoms with Gasteiger partial charge in [-0.25, -0.2) is 0 Å². The predicted octanol–water partition coefficient (Wildman–Crippen LogP) is 2.14. The van der Waals surface area contributed by atoms with Crippen LogP contribution in [0.5, 0.6) is 0 Å². The minimum Gasteiger partial charge on any atom is -0.381 e. The zero-order valence-electron chi connectivity index (χ0n) is 11.0. The summed E-state index contributed by atoms with van der Waals surface area (Å²) in [6.45, 7) is 8.12. The van der Waals surface area contributed by atoms with E-state index in [0.717, 1.165) is 31.0 Å². The highest BCUT2D eigenvalue weighted by molar-refractivity contribution is 5.80. The van der Waals surface area contributed by atoms with Crippen molar-refractivity contribution in [2.24, 2.45) is 0 Å². The third-order valence-corrected chi connectivity index (χ3v) is 2.54. The van der Waals surface area contributed by atoms with Crippen molar-refractivity contribution in [1.82, 2.24) is 9.78 Å². The molecule has 0 saturated carbocycles. The average molecular weight is 238 g/mol. The molecule has 4 nitrogen and oxygen atoms in total. The minimum atomic E-state index is 0.218. The third-order valence-electron chi connectivity index (χ3n) is 2.54. The van der Waals surface area contributed by atoms with Crippen LogP contribution in [-0.2, 0) is 22.5 Å². The summed E-state index contributed by atoms with van der Waals surface area (Å²) in [6.07, 6.45) is 1.95. The minimum absolute atomic E-state index is 0.218. The summed E-state index contributed by atoms with van der Waals surface area (Å²) in [7, 11) is 0. The van der Waals surface area contributed by atoms with E-state index >= 15 is 0 Å². The molecule has 4 heteroatoms. The molecule has 0 aromatic carbocycles. The fourth-order valence-corrected chi connectivity index (χ4v) is 1.74. The lowest BCUT2D eigenvalue weighted by Crippen LogP contribution is -2.11. The predicted molar refractivity (Wildman–Crippen MR) is 67.1 cm³/mol. The number of Topliss-reactive ketones (excluding diaryl/α,β-unsaturated/α-hetero) is 1. The van der Waals surface area contributed by atoms with Gasteiger partial charge in [-0.15, -0.1) is 0 Å². The van der Waals surface area contributed by atoms with Crippen LogP contribution >= 0.6 is 0 Å². The number of rotatable bonds is 8. The fraction of sp³-hybridized carbons (Fsp3) is 0.692. The molecular formula is C13H22N2O2. The van der Waals surface area contributed by atoms with Gasteiger partial charge in [0.25, 0.3) is 0 Å². The second-order valence-corrected chi connectivity index (χ2v) is 4.17. The van der Waals surface area contributed by atoms with Crippen LogP contribution in [0.3, 0.4) is 0 Å². The van der Waals surface area contributed by atoms with E-state index in [1.54, 1.807) is 0 Å². The largest absolute Gasteiger partial charge is 0.381 e. The van der Waals surface area contributed by atoms with E-state index in [9.17, 15) is 4.79 Å². The van der Waals surface area contributed by atoms with Crippen molar-refractivity contribution < 1.29 is 9.53 Å². The summed E-state index contributed by atoms with van der Waals surface area (Å²) in [5, 5.41) is 4.33. The van der Waals surface area contributed by atoms with Crippen LogP contribution in [0, 0.1) is 6.92 Å². The Morgan fingerprint density at radius 3 is 2.82 bits per heavy atom. The van der Waals surface area contributed by atoms with Gasteiger partial charge >= 0.3 is 0 Å². The first-order chi connectivity index (χ1) is 8.17. The molecule has 0 unspecified atom stereocenters. The highest BCUT2D eigenvalue weighted by atomic mass is 16.5. The molecule has 0 spiro atoms. The van der Waals surface area contributed by atoms with Gasteiger partial charge < -0.3 is 4.74 Å². The van der Waals surface area contributed by atoms with Crippen LogP contribution in [0.25, 0.3) is 0 Å². The van der Waals surface area contributed by atoms with Crippen molar-refractivity contribution in [3.05, 3.63) is 17.5 Å². The van der Waals surface area contributed by atoms with Crippen LogP contribution in [-0.4, -0.2) is 28.8 Å². The SMILES string of the molecule is CCCOCCC(=O)Cc1cc(C)nn1CC. The van der Waals surface area contributed by atoms with Crippen LogP contribution in [0.15, 0.2) is 6.07 Å². The van der Waals surface area contributed by atoms with E-state index in [-0.39, 0.29) is 5.78 Å². The Bertz CT molecular complexity index is 358. The maximum Gasteiger partial charge on any atom is 0.141 e. The molecule has 0 N–H and O–H groups in total. The third kappa shape index (κ3) is 4.69. The zero-order chi connectivity index (χ0) is 12.7. The van der Waals surface area contributed by atoms with Crippen LogP contribution in [0.4, 0.5) is 0 Å². The summed E-state index contributed by atoms with van der Waals surface area (Å²) in [4.78, 5) is 11.7. The lowest BCUT2D eigenvalue weighted by atomic mass is 10.1. The quantitative estimate of drug-likeness (QED) is 0.652. The Hall–Kier alpha value is -1.16. The number of aryl methyl sites for hydroxylation is 2. The maximum absolute atomic E-state index is 11.7. The monoisotopic (exact) mass is 238 g/mol. The van der Waals surface area contributed by atoms with Crippen molar-refractivity contribution in [2.75, 3.05) is 13.2 Å². The molecule has 0 amide bonds. The van der Waals surface area contributed by atoms with Crippen molar-refractivity contribution in [3.8, 4) is 0 Å². The molecule has 17 heavy (non-hydrogen) atoms. The molecule has 0 bridgehead atoms. The van der Waals surface area contributed by atoms with Gasteiger partial charge in [-0.2, -0.15) is 5.10 Å². The van der Waals surface area contributed by atoms with Gasteiger partial charge in [-0.05, 0) is 26.3 Å². The number of carbonyl (C=O) groups excluding carboxylic acids is 1. The molecule has 1 aromatic heterocycles. The normalized spacial score (nSPS) is 10.8. The van der Waals surface area contributed by atoms with Crippen molar-refractivity contribution >= 4 is 5.78 Å². The van der Waals surface area contributed by atoms with E-state index in [2.05, 4.69) is 12.0 Å². The average Bonchev–Trinajstić information content (AvgIpc) is 2.65. The van der Waals surface area contributed by atoms with E-state index < -0.39 is 0 Å². The molecule has 0 aliphatic rings. The van der Waals surface area contributed by atoms with Crippen molar-refractivity contribution in [1.29, 1.82) is 0 Å². The van der Waals surface area contributed by atoms with Crippen LogP contribution in [0.2, 0.25) is 0 Å². The number of carbonyl (C=O) groups is 1. The van der Waals surface area contributed by atoms with E-state index in [4.69, 9.17) is 4.74 Å². The number of nitrogens with zero attached hydrogens (tertiary/aromatic N) is 2. The number of ketones is 1. The summed E-state index contributed by atoms with van der Waals surface area (Å²) in [5.74, 6) is 0.218. The molecular weight excluding hydrogens is 216 g/mol. The van der Waals surface area contributed by atoms with Crippen LogP contribution < -0.4 is 0 Å². The number of ether oxygens (including phenoxy) is 1. The first-order valence-corrected chi connectivity index (χ1v) is 6.30. The molecule has 1 heterocycles. The van der Waals surface area contributed by atoms with Gasteiger partial charge in [0.2, 0.25) is 0 Å². The van der Waals surface area contributed by atoms with E-state index in [1.165, 1.54) is 0 Å². The second kappa shape index (κ2) is 7.22. The number of hydrogen-bond donors (Lipinski definition) is 0. The standard InChI is InChI=1S/C13H22N2O2/c1-4-7-17-8-6-13(16)10-12-9-11(3)14-15(12)5-2/h9H,4-8,10H2,1-3H3. The summed E-state index contributed by atoms with van der Waals surface area (Å²) < 4.78 is 7.20. The lowest BCUT2D eigenvalue weighted by molar-refractivity contribution is -0.119. The molecule has 0 aliphatic heterocycles. The van der Waals surface area contributed by atoms with Gasteiger partial charge in [0.05, 0.1) is 12.3 Å². The molecule has 1 rings (SSSR count). The van der Waals surface area contributed by atoms with E-state index in [1.807, 2.05) is 24.6 Å². The number of aromatic nitrogens is 2. The summed E-state index contributed by atoms with van der Waals surface area (Å²) in [5.41, 5.74) is 1.97. The Balaban J connectivity index is 2.39. The molecule has 0 radical (unpaired) electrons. The first kappa shape index (κ1) is 13.9.